The average molecular weight is 292 g/mol. The predicted molar refractivity (Wildman–Crippen MR) is 87.5 cm³/mol. The topological polar surface area (TPSA) is 94.9 Å². The van der Waals surface area contributed by atoms with Gasteiger partial charge in [-0.25, -0.2) is 4.98 Å². The van der Waals surface area contributed by atoms with E-state index < -0.39 is 0 Å². The molecule has 4 N–H and O–H groups in total. The number of benzene rings is 2. The summed E-state index contributed by atoms with van der Waals surface area (Å²) in [6.45, 7) is 0. The third kappa shape index (κ3) is 2.74. The number of fused-ring (bicyclic) bond motifs is 1. The van der Waals surface area contributed by atoms with Gasteiger partial charge in [-0.3, -0.25) is 4.79 Å². The number of Topliss-reactive ketones (excluding diaryl/α,β-unsaturated/α-hetero) is 1. The Kier molecular flexibility index (Phi) is 3.70. The maximum atomic E-state index is 12.5. The van der Waals surface area contributed by atoms with Crippen LogP contribution in [0.5, 0.6) is 0 Å². The molecule has 1 aromatic heterocycles. The standard InChI is InChI=1S/C17H16N4O/c18-16-15-12(7-4-8-13(15)20-17(19)21-16)14(22)10-9-11-5-2-1-3-6-11/h1-8H,9-10H2,(H4,18,19,20,21). The van der Waals surface area contributed by atoms with E-state index in [4.69, 9.17) is 11.5 Å². The molecule has 0 fully saturated rings. The first-order valence-corrected chi connectivity index (χ1v) is 7.04. The Morgan fingerprint density at radius 2 is 1.73 bits per heavy atom. The Hall–Kier alpha value is -2.95. The molecule has 22 heavy (non-hydrogen) atoms. The van der Waals surface area contributed by atoms with Crippen molar-refractivity contribution < 1.29 is 4.79 Å². The predicted octanol–water partition coefficient (Wildman–Crippen LogP) is 2.61. The minimum Gasteiger partial charge on any atom is -0.383 e. The van der Waals surface area contributed by atoms with Gasteiger partial charge in [0.05, 0.1) is 10.9 Å². The molecule has 0 aliphatic rings. The Morgan fingerprint density at radius 1 is 0.955 bits per heavy atom. The van der Waals surface area contributed by atoms with Crippen LogP contribution in [0.25, 0.3) is 10.9 Å². The lowest BCUT2D eigenvalue weighted by Gasteiger charge is -2.08. The van der Waals surface area contributed by atoms with Crippen molar-refractivity contribution >= 4 is 28.5 Å². The molecule has 1 heterocycles. The van der Waals surface area contributed by atoms with Crippen LogP contribution in [0.2, 0.25) is 0 Å². The highest BCUT2D eigenvalue weighted by Crippen LogP contribution is 2.24. The van der Waals surface area contributed by atoms with E-state index in [1.807, 2.05) is 30.3 Å². The molecule has 0 atom stereocenters. The van der Waals surface area contributed by atoms with Gasteiger partial charge in [0.15, 0.2) is 5.78 Å². The van der Waals surface area contributed by atoms with E-state index in [0.29, 0.717) is 29.3 Å². The first-order chi connectivity index (χ1) is 10.6. The number of aryl methyl sites for hydroxylation is 1. The molecular weight excluding hydrogens is 276 g/mol. The molecule has 3 aromatic rings. The van der Waals surface area contributed by atoms with Gasteiger partial charge in [0.25, 0.3) is 0 Å². The molecule has 5 heteroatoms. The van der Waals surface area contributed by atoms with Crippen molar-refractivity contribution in [3.63, 3.8) is 0 Å². The van der Waals surface area contributed by atoms with E-state index in [1.54, 1.807) is 18.2 Å². The third-order valence-corrected chi connectivity index (χ3v) is 3.55. The van der Waals surface area contributed by atoms with Crippen molar-refractivity contribution in [3.8, 4) is 0 Å². The Bertz CT molecular complexity index is 831. The van der Waals surface area contributed by atoms with E-state index in [0.717, 1.165) is 5.56 Å². The molecule has 110 valence electrons. The van der Waals surface area contributed by atoms with Crippen LogP contribution < -0.4 is 11.5 Å². The fourth-order valence-electron chi connectivity index (χ4n) is 2.50. The van der Waals surface area contributed by atoms with Crippen LogP contribution >= 0.6 is 0 Å². The number of nitrogens with two attached hydrogens (primary N) is 2. The van der Waals surface area contributed by atoms with Crippen LogP contribution in [-0.2, 0) is 6.42 Å². The Labute approximate surface area is 128 Å². The minimum atomic E-state index is 0.0227. The normalized spacial score (nSPS) is 10.7. The second-order valence-corrected chi connectivity index (χ2v) is 5.08. The summed E-state index contributed by atoms with van der Waals surface area (Å²) >= 11 is 0. The summed E-state index contributed by atoms with van der Waals surface area (Å²) in [4.78, 5) is 20.6. The number of hydrogen-bond donors (Lipinski definition) is 2. The van der Waals surface area contributed by atoms with Crippen LogP contribution in [0.1, 0.15) is 22.3 Å². The highest BCUT2D eigenvalue weighted by atomic mass is 16.1. The molecule has 0 amide bonds. The summed E-state index contributed by atoms with van der Waals surface area (Å²) < 4.78 is 0. The zero-order chi connectivity index (χ0) is 15.5. The van der Waals surface area contributed by atoms with E-state index in [1.165, 1.54) is 0 Å². The number of aromatic nitrogens is 2. The molecular formula is C17H16N4O. The maximum Gasteiger partial charge on any atom is 0.222 e. The molecule has 0 unspecified atom stereocenters. The molecule has 0 aliphatic heterocycles. The molecule has 0 aliphatic carbocycles. The summed E-state index contributed by atoms with van der Waals surface area (Å²) in [6, 6.07) is 15.2. The fraction of sp³-hybridized carbons (Fsp3) is 0.118. The van der Waals surface area contributed by atoms with Crippen molar-refractivity contribution in [1.82, 2.24) is 9.97 Å². The molecule has 0 saturated carbocycles. The summed E-state index contributed by atoms with van der Waals surface area (Å²) in [5.74, 6) is 0.375. The number of ketones is 1. The van der Waals surface area contributed by atoms with Gasteiger partial charge in [0.2, 0.25) is 5.95 Å². The van der Waals surface area contributed by atoms with E-state index >= 15 is 0 Å². The summed E-state index contributed by atoms with van der Waals surface area (Å²) in [5.41, 5.74) is 13.8. The number of nitrogens with zero attached hydrogens (tertiary/aromatic N) is 2. The van der Waals surface area contributed by atoms with Gasteiger partial charge in [0.1, 0.15) is 5.82 Å². The second kappa shape index (κ2) is 5.81. The van der Waals surface area contributed by atoms with E-state index in [2.05, 4.69) is 9.97 Å². The van der Waals surface area contributed by atoms with E-state index in [-0.39, 0.29) is 17.5 Å². The van der Waals surface area contributed by atoms with Crippen molar-refractivity contribution in [2.45, 2.75) is 12.8 Å². The lowest BCUT2D eigenvalue weighted by atomic mass is 9.99. The summed E-state index contributed by atoms with van der Waals surface area (Å²) in [7, 11) is 0. The zero-order valence-electron chi connectivity index (χ0n) is 12.0. The number of rotatable bonds is 4. The van der Waals surface area contributed by atoms with E-state index in [9.17, 15) is 4.79 Å². The maximum absolute atomic E-state index is 12.5. The molecule has 2 aromatic carbocycles. The number of carbonyl (C=O) groups is 1. The smallest absolute Gasteiger partial charge is 0.222 e. The summed E-state index contributed by atoms with van der Waals surface area (Å²) in [6.07, 6.45) is 1.10. The molecule has 0 saturated heterocycles. The largest absolute Gasteiger partial charge is 0.383 e. The Balaban J connectivity index is 1.91. The van der Waals surface area contributed by atoms with Gasteiger partial charge < -0.3 is 11.5 Å². The Morgan fingerprint density at radius 3 is 2.50 bits per heavy atom. The van der Waals surface area contributed by atoms with Gasteiger partial charge in [-0.05, 0) is 18.1 Å². The first kappa shape index (κ1) is 14.0. The molecule has 0 bridgehead atoms. The van der Waals surface area contributed by atoms with Crippen LogP contribution in [0, 0.1) is 0 Å². The zero-order valence-corrected chi connectivity index (χ0v) is 12.0. The SMILES string of the molecule is Nc1nc(N)c2c(C(=O)CCc3ccccc3)cccc2n1. The fourth-order valence-corrected chi connectivity index (χ4v) is 2.50. The quantitative estimate of drug-likeness (QED) is 0.721. The third-order valence-electron chi connectivity index (χ3n) is 3.55. The minimum absolute atomic E-state index is 0.0227. The van der Waals surface area contributed by atoms with Gasteiger partial charge in [-0.15, -0.1) is 0 Å². The van der Waals surface area contributed by atoms with Gasteiger partial charge in [-0.2, -0.15) is 4.98 Å². The van der Waals surface area contributed by atoms with Gasteiger partial charge in [-0.1, -0.05) is 42.5 Å². The highest BCUT2D eigenvalue weighted by Gasteiger charge is 2.14. The molecule has 0 radical (unpaired) electrons. The highest BCUT2D eigenvalue weighted by molar-refractivity contribution is 6.10. The van der Waals surface area contributed by atoms with Gasteiger partial charge >= 0.3 is 0 Å². The monoisotopic (exact) mass is 292 g/mol. The number of nitrogen functional groups attached to an aromatic ring is 2. The van der Waals surface area contributed by atoms with Crippen LogP contribution in [0.4, 0.5) is 11.8 Å². The number of anilines is 2. The van der Waals surface area contributed by atoms with Crippen LogP contribution in [0.15, 0.2) is 48.5 Å². The van der Waals surface area contributed by atoms with Crippen molar-refractivity contribution in [2.75, 3.05) is 11.5 Å². The molecule has 0 spiro atoms. The number of hydrogen-bond acceptors (Lipinski definition) is 5. The van der Waals surface area contributed by atoms with Crippen LogP contribution in [0.3, 0.4) is 0 Å². The average Bonchev–Trinajstić information content (AvgIpc) is 2.52. The van der Waals surface area contributed by atoms with Crippen molar-refractivity contribution in [2.24, 2.45) is 0 Å². The molecule has 5 nitrogen and oxygen atoms in total. The van der Waals surface area contributed by atoms with Crippen LogP contribution in [-0.4, -0.2) is 15.8 Å². The van der Waals surface area contributed by atoms with Gasteiger partial charge in [0, 0.05) is 12.0 Å². The molecule has 3 rings (SSSR count). The second-order valence-electron chi connectivity index (χ2n) is 5.08. The lowest BCUT2D eigenvalue weighted by molar-refractivity contribution is 0.0984. The first-order valence-electron chi connectivity index (χ1n) is 7.04. The van der Waals surface area contributed by atoms with Crippen molar-refractivity contribution in [1.29, 1.82) is 0 Å². The summed E-state index contributed by atoms with van der Waals surface area (Å²) in [5, 5.41) is 0.578. The number of carbonyl (C=O) groups excluding carboxylic acids is 1. The van der Waals surface area contributed by atoms with Crippen molar-refractivity contribution in [3.05, 3.63) is 59.7 Å². The lowest BCUT2D eigenvalue weighted by Crippen LogP contribution is -2.07.